The van der Waals surface area contributed by atoms with Gasteiger partial charge >= 0.3 is 30.1 Å². The Morgan fingerprint density at radius 2 is 1.01 bits per heavy atom. The van der Waals surface area contributed by atoms with Gasteiger partial charge < -0.3 is 66.4 Å². The van der Waals surface area contributed by atoms with Crippen molar-refractivity contribution in [2.24, 2.45) is 0 Å². The Morgan fingerprint density at radius 3 is 1.41 bits per heavy atom. The SMILES string of the molecule is CC(C)(C)OC(=O)N1CCn2cc(C(=O)O)c3cccc(c32)C1.COC(=O)c1ccc(CNC(=O)c2cn3c4c(cccc24)CN(C(=O)OC(C)(C)C)CC3)cc1.COC(=O)c1ccc(C[NH3+])cc1.[Cl-]. The number of aromatic carboxylic acids is 1. The smallest absolute Gasteiger partial charge is 0.410 e. The highest BCUT2D eigenvalue weighted by molar-refractivity contribution is 6.08. The molecule has 17 nitrogen and oxygen atoms in total. The standard InChI is InChI=1S/C26H29N3O5.C17H20N2O4.C9H11NO2.ClH/c1-26(2,3)34-25(32)29-13-12-28-16-21(20-7-5-6-19(15-29)22(20)28)23(30)27-14-17-8-10-18(11-9-17)24(31)33-4;1-17(2,3)23-16(22)19-8-7-18-10-13(15(20)21)12-6-4-5-11(9-19)14(12)18;1-12-9(11)8-4-2-7(6-10)3-5-8;/h5-11,16H,12-15H2,1-4H3,(H,27,30);4-6,10H,7-9H2,1-3H3,(H,20,21);2-5H,6,10H2,1H3;1H. The van der Waals surface area contributed by atoms with Gasteiger partial charge in [-0.25, -0.2) is 24.0 Å². The van der Waals surface area contributed by atoms with Crippen LogP contribution in [0.25, 0.3) is 21.8 Å². The van der Waals surface area contributed by atoms with E-state index in [2.05, 4.69) is 15.8 Å². The normalized spacial score (nSPS) is 12.9. The first kappa shape index (κ1) is 53.6. The molecule has 6 aromatic rings. The molecule has 0 saturated carbocycles. The lowest BCUT2D eigenvalue weighted by Crippen LogP contribution is -3.00. The minimum absolute atomic E-state index is 0. The summed E-state index contributed by atoms with van der Waals surface area (Å²) in [4.78, 5) is 75.3. The number of carbonyl (C=O) groups is 6. The number of benzene rings is 4. The maximum absolute atomic E-state index is 13.0. The molecule has 2 aliphatic rings. The largest absolute Gasteiger partial charge is 1.00 e. The van der Waals surface area contributed by atoms with Crippen molar-refractivity contribution in [2.75, 3.05) is 27.3 Å². The fourth-order valence-electron chi connectivity index (χ4n) is 7.91. The molecule has 372 valence electrons. The molecule has 0 aliphatic carbocycles. The van der Waals surface area contributed by atoms with Gasteiger partial charge in [0, 0.05) is 61.5 Å². The minimum Gasteiger partial charge on any atom is -1.00 e. The summed E-state index contributed by atoms with van der Waals surface area (Å²) >= 11 is 0. The van der Waals surface area contributed by atoms with E-state index in [1.165, 1.54) is 14.2 Å². The zero-order valence-electron chi connectivity index (χ0n) is 40.8. The Morgan fingerprint density at radius 1 is 0.600 bits per heavy atom. The molecule has 0 bridgehead atoms. The number of nitrogens with zero attached hydrogens (tertiary/aromatic N) is 4. The Bertz CT molecular complexity index is 2860. The first-order valence-corrected chi connectivity index (χ1v) is 22.5. The average Bonchev–Trinajstić information content (AvgIpc) is 3.75. The number of halogens is 1. The average molecular weight is 982 g/mol. The number of quaternary nitrogens is 1. The molecule has 0 radical (unpaired) electrons. The number of amides is 3. The lowest BCUT2D eigenvalue weighted by Gasteiger charge is -2.26. The zero-order chi connectivity index (χ0) is 50.2. The number of aromatic nitrogens is 2. The molecular formula is C52H61ClN6O11. The summed E-state index contributed by atoms with van der Waals surface area (Å²) in [6.45, 7) is 15.0. The van der Waals surface area contributed by atoms with Gasteiger partial charge in [0.05, 0.1) is 67.1 Å². The molecule has 8 rings (SSSR count). The van der Waals surface area contributed by atoms with Crippen LogP contribution in [0.4, 0.5) is 9.59 Å². The summed E-state index contributed by atoms with van der Waals surface area (Å²) in [5, 5.41) is 13.9. The quantitative estimate of drug-likeness (QED) is 0.150. The lowest BCUT2D eigenvalue weighted by molar-refractivity contribution is -0.386. The van der Waals surface area contributed by atoms with Crippen molar-refractivity contribution in [3.8, 4) is 0 Å². The van der Waals surface area contributed by atoms with Gasteiger partial charge in [-0.15, -0.1) is 0 Å². The van der Waals surface area contributed by atoms with Gasteiger partial charge in [0.15, 0.2) is 0 Å². The monoisotopic (exact) mass is 980 g/mol. The van der Waals surface area contributed by atoms with Crippen LogP contribution in [0.3, 0.4) is 0 Å². The van der Waals surface area contributed by atoms with Crippen LogP contribution in [0.2, 0.25) is 0 Å². The second-order valence-corrected chi connectivity index (χ2v) is 18.5. The fourth-order valence-corrected chi connectivity index (χ4v) is 7.91. The van der Waals surface area contributed by atoms with Gasteiger partial charge in [-0.05, 0) is 82.5 Å². The number of esters is 2. The van der Waals surface area contributed by atoms with Gasteiger partial charge in [-0.2, -0.15) is 0 Å². The third-order valence-corrected chi connectivity index (χ3v) is 11.2. The highest BCUT2D eigenvalue weighted by Gasteiger charge is 2.29. The molecule has 0 spiro atoms. The van der Waals surface area contributed by atoms with Crippen LogP contribution in [-0.4, -0.2) is 98.6 Å². The number of ether oxygens (including phenoxy) is 4. The van der Waals surface area contributed by atoms with Crippen LogP contribution in [0.15, 0.2) is 97.3 Å². The summed E-state index contributed by atoms with van der Waals surface area (Å²) in [6.07, 6.45) is 2.81. The van der Waals surface area contributed by atoms with E-state index in [0.29, 0.717) is 73.5 Å². The molecule has 0 atom stereocenters. The van der Waals surface area contributed by atoms with Crippen molar-refractivity contribution in [2.45, 2.75) is 92.0 Å². The summed E-state index contributed by atoms with van der Waals surface area (Å²) in [5.74, 6) is -1.81. The molecular weight excluding hydrogens is 920 g/mol. The predicted molar refractivity (Wildman–Crippen MR) is 257 cm³/mol. The van der Waals surface area contributed by atoms with Crippen molar-refractivity contribution in [1.82, 2.24) is 24.3 Å². The van der Waals surface area contributed by atoms with Gasteiger partial charge in [0.25, 0.3) is 5.91 Å². The molecule has 5 N–H and O–H groups in total. The summed E-state index contributed by atoms with van der Waals surface area (Å²) < 4.78 is 24.2. The molecule has 0 saturated heterocycles. The number of rotatable bonds is 7. The summed E-state index contributed by atoms with van der Waals surface area (Å²) in [5.41, 5.74) is 10.3. The first-order chi connectivity index (χ1) is 32.7. The summed E-state index contributed by atoms with van der Waals surface area (Å²) in [7, 11) is 2.71. The van der Waals surface area contributed by atoms with Crippen LogP contribution in [0, 0.1) is 0 Å². The highest BCUT2D eigenvalue weighted by Crippen LogP contribution is 2.30. The van der Waals surface area contributed by atoms with Gasteiger partial charge in [-0.1, -0.05) is 60.7 Å². The molecule has 0 fully saturated rings. The number of para-hydroxylation sites is 2. The van der Waals surface area contributed by atoms with Crippen LogP contribution < -0.4 is 23.5 Å². The van der Waals surface area contributed by atoms with E-state index >= 15 is 0 Å². The first-order valence-electron chi connectivity index (χ1n) is 22.5. The minimum atomic E-state index is -0.935. The Labute approximate surface area is 412 Å². The third-order valence-electron chi connectivity index (χ3n) is 11.2. The fraction of sp³-hybridized carbons (Fsp3) is 0.346. The number of carbonyl (C=O) groups excluding carboxylic acids is 5. The van der Waals surface area contributed by atoms with Crippen LogP contribution in [0.1, 0.15) is 105 Å². The second kappa shape index (κ2) is 22.8. The van der Waals surface area contributed by atoms with E-state index in [1.807, 2.05) is 105 Å². The molecule has 2 aliphatic heterocycles. The molecule has 70 heavy (non-hydrogen) atoms. The van der Waals surface area contributed by atoms with Gasteiger partial charge in [0.1, 0.15) is 11.2 Å². The van der Waals surface area contributed by atoms with Gasteiger partial charge in [0.2, 0.25) is 0 Å². The number of methoxy groups -OCH3 is 2. The van der Waals surface area contributed by atoms with Crippen molar-refractivity contribution in [1.29, 1.82) is 0 Å². The van der Waals surface area contributed by atoms with E-state index in [9.17, 15) is 33.9 Å². The second-order valence-electron chi connectivity index (χ2n) is 18.5. The Balaban J connectivity index is 0.000000218. The van der Waals surface area contributed by atoms with E-state index in [-0.39, 0.29) is 36.5 Å². The molecule has 4 heterocycles. The van der Waals surface area contributed by atoms with E-state index in [4.69, 9.17) is 14.2 Å². The van der Waals surface area contributed by atoms with Crippen molar-refractivity contribution in [3.63, 3.8) is 0 Å². The number of carboxylic acid groups (broad SMARTS) is 1. The maximum Gasteiger partial charge on any atom is 0.410 e. The van der Waals surface area contributed by atoms with E-state index in [0.717, 1.165) is 45.2 Å². The van der Waals surface area contributed by atoms with Crippen molar-refractivity contribution in [3.05, 3.63) is 142 Å². The van der Waals surface area contributed by atoms with Crippen LogP contribution in [0.5, 0.6) is 0 Å². The molecule has 4 aromatic carbocycles. The van der Waals surface area contributed by atoms with Crippen LogP contribution in [-0.2, 0) is 58.2 Å². The van der Waals surface area contributed by atoms with E-state index < -0.39 is 23.1 Å². The molecule has 0 unspecified atom stereocenters. The summed E-state index contributed by atoms with van der Waals surface area (Å²) in [6, 6.07) is 25.5. The maximum atomic E-state index is 13.0. The topological polar surface area (TPSA) is 216 Å². The number of carboxylic acids is 1. The van der Waals surface area contributed by atoms with E-state index in [1.54, 1.807) is 52.4 Å². The zero-order valence-corrected chi connectivity index (χ0v) is 41.6. The van der Waals surface area contributed by atoms with Gasteiger partial charge in [-0.3, -0.25) is 4.79 Å². The molecule has 3 amide bonds. The number of hydrogen-bond acceptors (Lipinski definition) is 10. The van der Waals surface area contributed by atoms with Crippen molar-refractivity contribution < 1.29 is 71.0 Å². The Kier molecular flexibility index (Phi) is 17.5. The number of hydrogen-bond donors (Lipinski definition) is 3. The van der Waals surface area contributed by atoms with Crippen LogP contribution >= 0.6 is 0 Å². The van der Waals surface area contributed by atoms with Crippen molar-refractivity contribution >= 4 is 57.8 Å². The molecule has 18 heteroatoms. The lowest BCUT2D eigenvalue weighted by atomic mass is 10.1. The number of nitrogens with one attached hydrogen (secondary N) is 1. The molecule has 2 aromatic heterocycles. The highest BCUT2D eigenvalue weighted by atomic mass is 35.5. The predicted octanol–water partition coefficient (Wildman–Crippen LogP) is 4.42. The third kappa shape index (κ3) is 13.2. The Hall–Kier alpha value is -7.37.